The zero-order valence-electron chi connectivity index (χ0n) is 11.0. The Kier molecular flexibility index (Phi) is 3.97. The number of rotatable bonds is 2. The van der Waals surface area contributed by atoms with Gasteiger partial charge in [0, 0.05) is 19.3 Å². The Morgan fingerprint density at radius 2 is 2.42 bits per heavy atom. The largest absolute Gasteiger partial charge is 0.377 e. The second kappa shape index (κ2) is 5.67. The number of anilines is 1. The molecule has 1 N–H and O–H groups in total. The fraction of sp³-hybridized carbons (Fsp3) is 0.462. The second-order valence-electron chi connectivity index (χ2n) is 4.33. The van der Waals surface area contributed by atoms with Gasteiger partial charge in [-0.05, 0) is 19.1 Å². The molecule has 0 radical (unpaired) electrons. The summed E-state index contributed by atoms with van der Waals surface area (Å²) in [5.74, 6) is 0.422. The number of aryl methyl sites for hydroxylation is 1. The molecule has 1 aromatic heterocycles. The quantitative estimate of drug-likeness (QED) is 0.822. The summed E-state index contributed by atoms with van der Waals surface area (Å²) in [7, 11) is 1.59. The van der Waals surface area contributed by atoms with Crippen LogP contribution in [0.2, 0.25) is 0 Å². The number of amides is 1. The highest BCUT2D eigenvalue weighted by Gasteiger charge is 2.31. The third-order valence-corrected chi connectivity index (χ3v) is 3.08. The minimum Gasteiger partial charge on any atom is -0.377 e. The van der Waals surface area contributed by atoms with Gasteiger partial charge in [-0.25, -0.2) is 4.98 Å². The first-order chi connectivity index (χ1) is 9.17. The normalized spacial score (nSPS) is 18.8. The van der Waals surface area contributed by atoms with Crippen molar-refractivity contribution >= 4 is 11.7 Å². The molecule has 1 aliphatic rings. The summed E-state index contributed by atoms with van der Waals surface area (Å²) in [6.45, 7) is 3.23. The number of ether oxygens (including phenoxy) is 1. The Hall–Kier alpha value is -2.13. The smallest absolute Gasteiger partial charge is 0.244 e. The highest BCUT2D eigenvalue weighted by atomic mass is 16.5. The number of hydrogen-bond acceptors (Lipinski definition) is 5. The van der Waals surface area contributed by atoms with E-state index >= 15 is 0 Å². The van der Waals surface area contributed by atoms with Crippen LogP contribution in [0.25, 0.3) is 0 Å². The number of carbonyl (C=O) groups is 1. The predicted octanol–water partition coefficient (Wildman–Crippen LogP) is 0.213. The Morgan fingerprint density at radius 3 is 3.11 bits per heavy atom. The summed E-state index contributed by atoms with van der Waals surface area (Å²) in [6, 6.07) is 5.20. The molecule has 1 fully saturated rings. The minimum absolute atomic E-state index is 0.133. The van der Waals surface area contributed by atoms with Crippen LogP contribution in [0.1, 0.15) is 11.3 Å². The van der Waals surface area contributed by atoms with E-state index in [4.69, 9.17) is 4.74 Å². The van der Waals surface area contributed by atoms with Gasteiger partial charge in [0.2, 0.25) is 5.91 Å². The highest BCUT2D eigenvalue weighted by molar-refractivity contribution is 5.85. The van der Waals surface area contributed by atoms with Crippen LogP contribution in [0.3, 0.4) is 0 Å². The molecule has 0 spiro atoms. The number of likely N-dealkylation sites (N-methyl/N-ethyl adjacent to an activating group) is 1. The molecule has 1 saturated heterocycles. The average molecular weight is 260 g/mol. The van der Waals surface area contributed by atoms with Gasteiger partial charge in [0.25, 0.3) is 0 Å². The summed E-state index contributed by atoms with van der Waals surface area (Å²) >= 11 is 0. The molecule has 1 atom stereocenters. The molecule has 19 heavy (non-hydrogen) atoms. The summed E-state index contributed by atoms with van der Waals surface area (Å²) in [5.41, 5.74) is 1.29. The first-order valence-electron chi connectivity index (χ1n) is 6.11. The number of aromatic nitrogens is 1. The zero-order chi connectivity index (χ0) is 13.8. The van der Waals surface area contributed by atoms with E-state index in [0.717, 1.165) is 5.69 Å². The summed E-state index contributed by atoms with van der Waals surface area (Å²) < 4.78 is 5.35. The number of morpholine rings is 1. The SMILES string of the molecule is CNC(=O)C1COCCN1c1nc(C)ccc1C#N. The van der Waals surface area contributed by atoms with Crippen LogP contribution >= 0.6 is 0 Å². The molecule has 100 valence electrons. The lowest BCUT2D eigenvalue weighted by Crippen LogP contribution is -2.54. The van der Waals surface area contributed by atoms with Crippen LogP contribution in [0.5, 0.6) is 0 Å². The molecule has 1 aromatic rings. The van der Waals surface area contributed by atoms with Gasteiger partial charge in [-0.3, -0.25) is 4.79 Å². The number of nitriles is 1. The molecular weight excluding hydrogens is 244 g/mol. The van der Waals surface area contributed by atoms with Crippen LogP contribution in [0.4, 0.5) is 5.82 Å². The molecule has 2 rings (SSSR count). The van der Waals surface area contributed by atoms with Gasteiger partial charge in [-0.15, -0.1) is 0 Å². The molecule has 0 bridgehead atoms. The minimum atomic E-state index is -0.444. The topological polar surface area (TPSA) is 78.2 Å². The van der Waals surface area contributed by atoms with Crippen LogP contribution in [0, 0.1) is 18.3 Å². The number of carbonyl (C=O) groups excluding carboxylic acids is 1. The number of pyridine rings is 1. The molecule has 2 heterocycles. The van der Waals surface area contributed by atoms with E-state index in [-0.39, 0.29) is 5.91 Å². The zero-order valence-corrected chi connectivity index (χ0v) is 11.0. The molecule has 1 amide bonds. The number of nitrogens with one attached hydrogen (secondary N) is 1. The molecule has 1 unspecified atom stereocenters. The van der Waals surface area contributed by atoms with E-state index < -0.39 is 6.04 Å². The van der Waals surface area contributed by atoms with Crippen LogP contribution in [-0.2, 0) is 9.53 Å². The van der Waals surface area contributed by atoms with Crippen molar-refractivity contribution < 1.29 is 9.53 Å². The Bertz CT molecular complexity index is 524. The molecular formula is C13H16N4O2. The van der Waals surface area contributed by atoms with Gasteiger partial charge in [0.05, 0.1) is 18.8 Å². The molecule has 0 saturated carbocycles. The van der Waals surface area contributed by atoms with E-state index in [1.165, 1.54) is 0 Å². The first kappa shape index (κ1) is 13.3. The molecule has 6 nitrogen and oxygen atoms in total. The fourth-order valence-corrected chi connectivity index (χ4v) is 2.09. The average Bonchev–Trinajstić information content (AvgIpc) is 2.46. The standard InChI is InChI=1S/C13H16N4O2/c1-9-3-4-10(7-14)12(16-9)17-5-6-19-8-11(17)13(18)15-2/h3-4,11H,5-6,8H2,1-2H3,(H,15,18). The maximum Gasteiger partial charge on any atom is 0.244 e. The Morgan fingerprint density at radius 1 is 1.63 bits per heavy atom. The second-order valence-corrected chi connectivity index (χ2v) is 4.33. The number of hydrogen-bond donors (Lipinski definition) is 1. The van der Waals surface area contributed by atoms with Crippen LogP contribution in [0.15, 0.2) is 12.1 Å². The van der Waals surface area contributed by atoms with Gasteiger partial charge in [0.1, 0.15) is 17.9 Å². The predicted molar refractivity (Wildman–Crippen MR) is 69.7 cm³/mol. The highest BCUT2D eigenvalue weighted by Crippen LogP contribution is 2.22. The van der Waals surface area contributed by atoms with Crippen molar-refractivity contribution in [3.05, 3.63) is 23.4 Å². The van der Waals surface area contributed by atoms with Crippen molar-refractivity contribution in [2.45, 2.75) is 13.0 Å². The third-order valence-electron chi connectivity index (χ3n) is 3.08. The molecule has 0 aromatic carbocycles. The maximum absolute atomic E-state index is 11.9. The van der Waals surface area contributed by atoms with Gasteiger partial charge in [-0.2, -0.15) is 5.26 Å². The van der Waals surface area contributed by atoms with Crippen molar-refractivity contribution in [1.29, 1.82) is 5.26 Å². The first-order valence-corrected chi connectivity index (χ1v) is 6.11. The van der Waals surface area contributed by atoms with Gasteiger partial charge in [-0.1, -0.05) is 0 Å². The van der Waals surface area contributed by atoms with E-state index in [0.29, 0.717) is 31.1 Å². The fourth-order valence-electron chi connectivity index (χ4n) is 2.09. The third kappa shape index (κ3) is 2.66. The lowest BCUT2D eigenvalue weighted by Gasteiger charge is -2.35. The van der Waals surface area contributed by atoms with Gasteiger partial charge >= 0.3 is 0 Å². The van der Waals surface area contributed by atoms with Crippen molar-refractivity contribution in [1.82, 2.24) is 10.3 Å². The lowest BCUT2D eigenvalue weighted by atomic mass is 10.1. The molecule has 6 heteroatoms. The Labute approximate surface area is 112 Å². The van der Waals surface area contributed by atoms with Gasteiger partial charge in [0.15, 0.2) is 0 Å². The monoisotopic (exact) mass is 260 g/mol. The van der Waals surface area contributed by atoms with Crippen molar-refractivity contribution in [3.63, 3.8) is 0 Å². The van der Waals surface area contributed by atoms with Crippen molar-refractivity contribution in [2.75, 3.05) is 31.7 Å². The lowest BCUT2D eigenvalue weighted by molar-refractivity contribution is -0.124. The molecule has 1 aliphatic heterocycles. The van der Waals surface area contributed by atoms with Crippen molar-refractivity contribution in [3.8, 4) is 6.07 Å². The summed E-state index contributed by atoms with van der Waals surface area (Å²) in [6.07, 6.45) is 0. The van der Waals surface area contributed by atoms with Gasteiger partial charge < -0.3 is 15.0 Å². The van der Waals surface area contributed by atoms with Crippen molar-refractivity contribution in [2.24, 2.45) is 0 Å². The van der Waals surface area contributed by atoms with E-state index in [9.17, 15) is 10.1 Å². The van der Waals surface area contributed by atoms with Crippen LogP contribution < -0.4 is 10.2 Å². The summed E-state index contributed by atoms with van der Waals surface area (Å²) in [4.78, 5) is 18.1. The van der Waals surface area contributed by atoms with Crippen LogP contribution in [-0.4, -0.2) is 43.7 Å². The maximum atomic E-state index is 11.9. The molecule has 0 aliphatic carbocycles. The number of nitrogens with zero attached hydrogens (tertiary/aromatic N) is 3. The van der Waals surface area contributed by atoms with E-state index in [2.05, 4.69) is 16.4 Å². The van der Waals surface area contributed by atoms with E-state index in [1.54, 1.807) is 19.2 Å². The van der Waals surface area contributed by atoms with E-state index in [1.807, 2.05) is 11.8 Å². The Balaban J connectivity index is 2.40. The summed E-state index contributed by atoms with van der Waals surface area (Å²) in [5, 5.41) is 11.8.